The average molecular weight is 406 g/mol. The Labute approximate surface area is 169 Å². The van der Waals surface area contributed by atoms with Gasteiger partial charge in [-0.15, -0.1) is 10.2 Å². The number of thioether (sulfide) groups is 1. The second-order valence-corrected chi connectivity index (χ2v) is 8.13. The van der Waals surface area contributed by atoms with E-state index in [2.05, 4.69) is 31.4 Å². The van der Waals surface area contributed by atoms with Crippen LogP contribution >= 0.6 is 23.4 Å². The standard InChI is InChI=1S/C19H24ClN5OS/c1-14(2)21-18(26)13-27-19-7-6-17(22-23-19)25-10-8-24(9-11-25)16-5-3-4-15(20)12-16/h3-7,12,14H,8-11,13H2,1-2H3,(H,21,26). The molecule has 1 aromatic heterocycles. The zero-order valence-corrected chi connectivity index (χ0v) is 17.1. The lowest BCUT2D eigenvalue weighted by Crippen LogP contribution is -2.46. The first-order chi connectivity index (χ1) is 13.0. The minimum atomic E-state index is 0.0120. The van der Waals surface area contributed by atoms with Gasteiger partial charge in [0.1, 0.15) is 5.03 Å². The van der Waals surface area contributed by atoms with Gasteiger partial charge in [-0.3, -0.25) is 4.79 Å². The lowest BCUT2D eigenvalue weighted by atomic mass is 10.2. The third-order valence-electron chi connectivity index (χ3n) is 4.20. The zero-order valence-electron chi connectivity index (χ0n) is 15.6. The van der Waals surface area contributed by atoms with E-state index in [1.54, 1.807) is 0 Å². The molecule has 0 saturated carbocycles. The number of nitrogens with one attached hydrogen (secondary N) is 1. The van der Waals surface area contributed by atoms with E-state index >= 15 is 0 Å². The van der Waals surface area contributed by atoms with Gasteiger partial charge in [-0.25, -0.2) is 0 Å². The van der Waals surface area contributed by atoms with Crippen LogP contribution in [0.25, 0.3) is 0 Å². The van der Waals surface area contributed by atoms with E-state index in [4.69, 9.17) is 11.6 Å². The number of aromatic nitrogens is 2. The highest BCUT2D eigenvalue weighted by atomic mass is 35.5. The first kappa shape index (κ1) is 19.8. The molecule has 1 aromatic carbocycles. The van der Waals surface area contributed by atoms with Crippen molar-refractivity contribution in [1.29, 1.82) is 0 Å². The molecule has 6 nitrogen and oxygen atoms in total. The number of benzene rings is 1. The van der Waals surface area contributed by atoms with Gasteiger partial charge in [-0.05, 0) is 44.2 Å². The molecule has 3 rings (SSSR count). The number of hydrogen-bond donors (Lipinski definition) is 1. The summed E-state index contributed by atoms with van der Waals surface area (Å²) < 4.78 is 0. The largest absolute Gasteiger partial charge is 0.368 e. The van der Waals surface area contributed by atoms with Gasteiger partial charge < -0.3 is 15.1 Å². The predicted molar refractivity (Wildman–Crippen MR) is 112 cm³/mol. The summed E-state index contributed by atoms with van der Waals surface area (Å²) in [6.45, 7) is 7.48. The van der Waals surface area contributed by atoms with Crippen LogP contribution in [0.4, 0.5) is 11.5 Å². The molecule has 2 heterocycles. The van der Waals surface area contributed by atoms with Crippen LogP contribution < -0.4 is 15.1 Å². The third kappa shape index (κ3) is 5.74. The molecule has 1 fully saturated rings. The lowest BCUT2D eigenvalue weighted by Gasteiger charge is -2.36. The zero-order chi connectivity index (χ0) is 19.2. The van der Waals surface area contributed by atoms with Gasteiger partial charge >= 0.3 is 0 Å². The van der Waals surface area contributed by atoms with Gasteiger partial charge in [-0.1, -0.05) is 29.4 Å². The monoisotopic (exact) mass is 405 g/mol. The number of halogens is 1. The summed E-state index contributed by atoms with van der Waals surface area (Å²) in [7, 11) is 0. The third-order valence-corrected chi connectivity index (χ3v) is 5.36. The Hall–Kier alpha value is -1.99. The number of carbonyl (C=O) groups is 1. The summed E-state index contributed by atoms with van der Waals surface area (Å²) >= 11 is 7.49. The smallest absolute Gasteiger partial charge is 0.230 e. The number of amides is 1. The normalized spacial score (nSPS) is 14.5. The van der Waals surface area contributed by atoms with Gasteiger partial charge in [0.25, 0.3) is 0 Å². The highest BCUT2D eigenvalue weighted by Gasteiger charge is 2.19. The van der Waals surface area contributed by atoms with Crippen LogP contribution in [0, 0.1) is 0 Å². The molecule has 1 saturated heterocycles. The van der Waals surface area contributed by atoms with Gasteiger partial charge in [-0.2, -0.15) is 0 Å². The van der Waals surface area contributed by atoms with E-state index in [9.17, 15) is 4.79 Å². The molecule has 0 bridgehead atoms. The van der Waals surface area contributed by atoms with Crippen LogP contribution in [0.5, 0.6) is 0 Å². The van der Waals surface area contributed by atoms with Crippen LogP contribution in [0.2, 0.25) is 5.02 Å². The van der Waals surface area contributed by atoms with Crippen LogP contribution in [0.15, 0.2) is 41.4 Å². The maximum atomic E-state index is 11.7. The van der Waals surface area contributed by atoms with Gasteiger partial charge in [0.05, 0.1) is 5.75 Å². The molecule has 0 spiro atoms. The number of anilines is 2. The fourth-order valence-corrected chi connectivity index (χ4v) is 3.74. The Bertz CT molecular complexity index is 763. The van der Waals surface area contributed by atoms with Crippen molar-refractivity contribution < 1.29 is 4.79 Å². The summed E-state index contributed by atoms with van der Waals surface area (Å²) in [5, 5.41) is 13.0. The van der Waals surface area contributed by atoms with E-state index in [-0.39, 0.29) is 11.9 Å². The first-order valence-electron chi connectivity index (χ1n) is 9.02. The molecule has 1 amide bonds. The first-order valence-corrected chi connectivity index (χ1v) is 10.4. The van der Waals surface area contributed by atoms with Crippen LogP contribution in [0.3, 0.4) is 0 Å². The van der Waals surface area contributed by atoms with Crippen LogP contribution in [-0.4, -0.2) is 54.1 Å². The van der Waals surface area contributed by atoms with E-state index < -0.39 is 0 Å². The number of hydrogen-bond acceptors (Lipinski definition) is 6. The van der Waals surface area contributed by atoms with E-state index in [1.807, 2.05) is 44.2 Å². The Morgan fingerprint density at radius 3 is 2.52 bits per heavy atom. The number of nitrogens with zero attached hydrogens (tertiary/aromatic N) is 4. The fourth-order valence-electron chi connectivity index (χ4n) is 2.93. The SMILES string of the molecule is CC(C)NC(=O)CSc1ccc(N2CCN(c3cccc(Cl)c3)CC2)nn1. The molecule has 2 aromatic rings. The summed E-state index contributed by atoms with van der Waals surface area (Å²) in [5.41, 5.74) is 1.15. The van der Waals surface area contributed by atoms with Gasteiger partial charge in [0.15, 0.2) is 5.82 Å². The lowest BCUT2D eigenvalue weighted by molar-refractivity contribution is -0.119. The average Bonchev–Trinajstić information content (AvgIpc) is 2.66. The van der Waals surface area contributed by atoms with Crippen molar-refractivity contribution >= 4 is 40.8 Å². The number of piperazine rings is 1. The second kappa shape index (κ2) is 9.28. The minimum Gasteiger partial charge on any atom is -0.368 e. The Kier molecular flexibility index (Phi) is 6.79. The van der Waals surface area contributed by atoms with Crippen molar-refractivity contribution in [2.75, 3.05) is 41.7 Å². The van der Waals surface area contributed by atoms with Crippen molar-refractivity contribution in [3.8, 4) is 0 Å². The number of rotatable bonds is 6. The molecule has 0 aliphatic carbocycles. The molecule has 0 unspecified atom stereocenters. The molecule has 1 N–H and O–H groups in total. The maximum absolute atomic E-state index is 11.7. The van der Waals surface area contributed by atoms with Gasteiger partial charge in [0.2, 0.25) is 5.91 Å². The van der Waals surface area contributed by atoms with E-state index in [0.717, 1.165) is 47.7 Å². The second-order valence-electron chi connectivity index (χ2n) is 6.69. The minimum absolute atomic E-state index is 0.0120. The Morgan fingerprint density at radius 1 is 1.15 bits per heavy atom. The summed E-state index contributed by atoms with van der Waals surface area (Å²) in [6, 6.07) is 12.0. The Morgan fingerprint density at radius 2 is 1.89 bits per heavy atom. The van der Waals surface area contributed by atoms with Crippen LogP contribution in [-0.2, 0) is 4.79 Å². The molecule has 27 heavy (non-hydrogen) atoms. The van der Waals surface area contributed by atoms with Gasteiger partial charge in [0, 0.05) is 42.9 Å². The van der Waals surface area contributed by atoms with E-state index in [1.165, 1.54) is 11.8 Å². The Balaban J connectivity index is 1.50. The van der Waals surface area contributed by atoms with Crippen molar-refractivity contribution in [2.45, 2.75) is 24.9 Å². The molecule has 0 atom stereocenters. The summed E-state index contributed by atoms with van der Waals surface area (Å²) in [6.07, 6.45) is 0. The highest BCUT2D eigenvalue weighted by Crippen LogP contribution is 2.23. The van der Waals surface area contributed by atoms with E-state index in [0.29, 0.717) is 5.75 Å². The molecule has 0 radical (unpaired) electrons. The topological polar surface area (TPSA) is 61.4 Å². The van der Waals surface area contributed by atoms with Crippen LogP contribution in [0.1, 0.15) is 13.8 Å². The summed E-state index contributed by atoms with van der Waals surface area (Å²) in [4.78, 5) is 16.3. The van der Waals surface area contributed by atoms with Crippen molar-refractivity contribution in [3.63, 3.8) is 0 Å². The molecular formula is C19H24ClN5OS. The molecular weight excluding hydrogens is 382 g/mol. The number of carbonyl (C=O) groups excluding carboxylic acids is 1. The summed E-state index contributed by atoms with van der Waals surface area (Å²) in [5.74, 6) is 1.24. The van der Waals surface area contributed by atoms with Crippen molar-refractivity contribution in [2.24, 2.45) is 0 Å². The van der Waals surface area contributed by atoms with Crippen molar-refractivity contribution in [3.05, 3.63) is 41.4 Å². The predicted octanol–water partition coefficient (Wildman–Crippen LogP) is 3.07. The quantitative estimate of drug-likeness (QED) is 0.745. The molecule has 1 aliphatic heterocycles. The maximum Gasteiger partial charge on any atom is 0.230 e. The molecule has 1 aliphatic rings. The molecule has 8 heteroatoms. The molecule has 144 valence electrons. The fraction of sp³-hybridized carbons (Fsp3) is 0.421. The van der Waals surface area contributed by atoms with Crippen molar-refractivity contribution in [1.82, 2.24) is 15.5 Å². The highest BCUT2D eigenvalue weighted by molar-refractivity contribution is 7.99.